The summed E-state index contributed by atoms with van der Waals surface area (Å²) in [5.41, 5.74) is -9.10. The molecule has 0 spiro atoms. The minimum Gasteiger partial charge on any atom is -0.805 e. The normalized spacial score (nSPS) is 17.3. The van der Waals surface area contributed by atoms with Gasteiger partial charge in [-0.15, -0.1) is 0 Å². The minimum atomic E-state index is -9.36. The quantitative estimate of drug-likeness (QED) is 0.0481. The number of hydrogen-bond donors (Lipinski definition) is 0. The smallest absolute Gasteiger partial charge is 0.805 e. The molecule has 66 heavy (non-hydrogen) atoms. The van der Waals surface area contributed by atoms with Crippen LogP contribution in [0.5, 0.6) is 0 Å². The maximum absolute atomic E-state index is 14.7. The van der Waals surface area contributed by atoms with Crippen LogP contribution in [0.4, 0.5) is 149 Å². The van der Waals surface area contributed by atoms with Gasteiger partial charge in [-0.05, 0) is 0 Å². The summed E-state index contributed by atoms with van der Waals surface area (Å²) in [6.45, 7) is 0. The van der Waals surface area contributed by atoms with Crippen molar-refractivity contribution in [1.29, 1.82) is 0 Å². The van der Waals surface area contributed by atoms with Gasteiger partial charge in [-0.25, -0.2) is 0 Å². The Hall–Kier alpha value is -3.31. The van der Waals surface area contributed by atoms with E-state index in [1.165, 1.54) is 0 Å². The number of allylic oxidation sites excluding steroid dienone is 2. The Morgan fingerprint density at radius 1 is 0.379 bits per heavy atom. The number of ether oxygens (including phenoxy) is 2. The molecule has 0 heterocycles. The zero-order valence-electron chi connectivity index (χ0n) is 28.9. The molecule has 0 saturated carbocycles. The molecule has 0 aliphatic heterocycles. The maximum atomic E-state index is 14.7. The van der Waals surface area contributed by atoms with Gasteiger partial charge in [0.15, 0.2) is 0 Å². The zero-order valence-corrected chi connectivity index (χ0v) is 32.8. The molecule has 0 aliphatic rings. The van der Waals surface area contributed by atoms with E-state index in [4.69, 9.17) is 0 Å². The van der Waals surface area contributed by atoms with Gasteiger partial charge < -0.3 is 23.8 Å². The van der Waals surface area contributed by atoms with E-state index < -0.39 is 138 Å². The molecule has 0 radical (unpaired) electrons. The standard InChI is InChI=1S/C25H7F34O5P.Zn/c26-7(11(30,31)14(34,35)16(38,39)18(42,43)20(46,47)22(50,51)24(54,55)56)9(28)63-13(65(60,61)62,6-4-2-1-3-5-6)64-10(29)8(27)12(32,33)15(36,37)17(40,41)19(44,45)21(48,49)23(52,53)25(57,58)59;/h1-5H,(H2,60,61,62);/q;+2/p-2. The van der Waals surface area contributed by atoms with E-state index >= 15 is 0 Å². The molecule has 0 amide bonds. The second-order valence-corrected chi connectivity index (χ2v) is 13.3. The number of hydrogen-bond acceptors (Lipinski definition) is 5. The van der Waals surface area contributed by atoms with Crippen molar-refractivity contribution in [1.82, 2.24) is 0 Å². The van der Waals surface area contributed by atoms with Crippen LogP contribution in [-0.2, 0) is 39.0 Å². The maximum Gasteiger partial charge on any atom is 2.00 e. The predicted molar refractivity (Wildman–Crippen MR) is 128 cm³/mol. The SMILES string of the molecule is O=P([O-])([O-])C(OC(F)=C(F)C(F)(F)C(F)(F)C(F)(F)C(F)(F)C(F)(F)C(F)(F)C(F)(F)F)(OC(F)=C(F)C(F)(F)C(F)(F)C(F)(F)C(F)(F)C(F)(F)C(F)(F)C(F)(F)F)c1ccccc1.[Zn+2]. The molecule has 0 atom stereocenters. The van der Waals surface area contributed by atoms with Crippen molar-refractivity contribution in [2.24, 2.45) is 0 Å². The molecule has 380 valence electrons. The molecule has 0 unspecified atom stereocenters. The summed E-state index contributed by atoms with van der Waals surface area (Å²) in [5.74, 6) is -120. The summed E-state index contributed by atoms with van der Waals surface area (Å²) < 4.78 is 480. The van der Waals surface area contributed by atoms with Crippen molar-refractivity contribution in [3.05, 3.63) is 59.6 Å². The van der Waals surface area contributed by atoms with Crippen molar-refractivity contribution < 1.29 is 193 Å². The third-order valence-corrected chi connectivity index (χ3v) is 8.67. The monoisotopic (exact) mass is 1130 g/mol. The third kappa shape index (κ3) is 8.70. The fourth-order valence-corrected chi connectivity index (χ4v) is 4.69. The number of alkyl halides is 30. The van der Waals surface area contributed by atoms with Gasteiger partial charge in [0, 0.05) is 13.2 Å². The first-order valence-corrected chi connectivity index (χ1v) is 15.7. The number of halogens is 34. The van der Waals surface area contributed by atoms with E-state index in [0.29, 0.717) is 6.07 Å². The summed E-state index contributed by atoms with van der Waals surface area (Å²) >= 11 is 0. The van der Waals surface area contributed by atoms with Crippen LogP contribution < -0.4 is 9.79 Å². The molecule has 41 heteroatoms. The Labute approximate surface area is 349 Å². The average Bonchev–Trinajstić information content (AvgIpc) is 3.11. The van der Waals surface area contributed by atoms with Crippen LogP contribution in [0.25, 0.3) is 0 Å². The van der Waals surface area contributed by atoms with Gasteiger partial charge in [0.25, 0.3) is 0 Å². The second-order valence-electron chi connectivity index (χ2n) is 11.7. The number of benzene rings is 1. The predicted octanol–water partition coefficient (Wildman–Crippen LogP) is 11.7. The Kier molecular flexibility index (Phi) is 16.4. The van der Waals surface area contributed by atoms with Gasteiger partial charge in [-0.1, -0.05) is 30.3 Å². The van der Waals surface area contributed by atoms with Crippen molar-refractivity contribution >= 4 is 7.60 Å². The van der Waals surface area contributed by atoms with E-state index in [9.17, 15) is 164 Å². The van der Waals surface area contributed by atoms with E-state index in [2.05, 4.69) is 9.47 Å². The van der Waals surface area contributed by atoms with E-state index in [-0.39, 0.29) is 31.6 Å². The van der Waals surface area contributed by atoms with Crippen LogP contribution >= 0.6 is 7.60 Å². The minimum absolute atomic E-state index is 0. The molecule has 0 saturated heterocycles. The molecule has 1 aromatic carbocycles. The Balaban J connectivity index is 0.0000422. The first-order valence-electron chi connectivity index (χ1n) is 14.2. The third-order valence-electron chi connectivity index (χ3n) is 7.51. The van der Waals surface area contributed by atoms with Crippen LogP contribution in [0.1, 0.15) is 5.56 Å². The molecule has 1 rings (SSSR count). The number of rotatable bonds is 18. The molecule has 0 N–H and O–H groups in total. The fraction of sp³-hybridized carbons (Fsp3) is 0.600. The largest absolute Gasteiger partial charge is 2.00 e. The fourth-order valence-electron chi connectivity index (χ4n) is 3.85. The molecule has 0 aromatic heterocycles. The van der Waals surface area contributed by atoms with Gasteiger partial charge in [-0.2, -0.15) is 149 Å². The molecule has 0 aliphatic carbocycles. The first kappa shape index (κ1) is 62.7. The summed E-state index contributed by atoms with van der Waals surface area (Å²) in [5, 5.41) is 0. The van der Waals surface area contributed by atoms with Crippen molar-refractivity contribution in [3.8, 4) is 0 Å². The van der Waals surface area contributed by atoms with Crippen LogP contribution in [0.15, 0.2) is 54.0 Å². The van der Waals surface area contributed by atoms with Crippen molar-refractivity contribution in [2.45, 2.75) is 89.0 Å². The first-order chi connectivity index (χ1) is 27.9. The molecular formula is C25H5F34O5PZn. The van der Waals surface area contributed by atoms with Gasteiger partial charge >= 0.3 is 120 Å². The Morgan fingerprint density at radius 2 is 0.591 bits per heavy atom. The Bertz CT molecular complexity index is 1910. The van der Waals surface area contributed by atoms with Crippen LogP contribution in [0, 0.1) is 0 Å². The molecule has 0 bridgehead atoms. The molecule has 1 aromatic rings. The molecule has 5 nitrogen and oxygen atoms in total. The van der Waals surface area contributed by atoms with E-state index in [0.717, 1.165) is 0 Å². The molecular weight excluding hydrogens is 1120 g/mol. The second kappa shape index (κ2) is 17.3. The van der Waals surface area contributed by atoms with Gasteiger partial charge in [0.1, 0.15) is 0 Å². The summed E-state index contributed by atoms with van der Waals surface area (Å²) in [7, 11) is -8.54. The molecule has 0 fully saturated rings. The van der Waals surface area contributed by atoms with Gasteiger partial charge in [0.2, 0.25) is 11.7 Å². The van der Waals surface area contributed by atoms with Crippen molar-refractivity contribution in [3.63, 3.8) is 0 Å². The average molecular weight is 1130 g/mol. The summed E-state index contributed by atoms with van der Waals surface area (Å²) in [4.78, 5) is 24.0. The van der Waals surface area contributed by atoms with Crippen LogP contribution in [0.2, 0.25) is 0 Å². The van der Waals surface area contributed by atoms with E-state index in [1.807, 2.05) is 0 Å². The van der Waals surface area contributed by atoms with E-state index in [1.54, 1.807) is 0 Å². The van der Waals surface area contributed by atoms with Gasteiger partial charge in [-0.3, -0.25) is 0 Å². The van der Waals surface area contributed by atoms with Crippen molar-refractivity contribution in [2.75, 3.05) is 0 Å². The van der Waals surface area contributed by atoms with Crippen LogP contribution in [0.3, 0.4) is 0 Å². The topological polar surface area (TPSA) is 81.7 Å². The van der Waals surface area contributed by atoms with Crippen LogP contribution in [-0.4, -0.2) is 83.4 Å². The summed E-state index contributed by atoms with van der Waals surface area (Å²) in [6.07, 6.45) is -16.5. The zero-order chi connectivity index (χ0) is 52.8. The van der Waals surface area contributed by atoms with Gasteiger partial charge in [0.05, 0.1) is 0 Å². The Morgan fingerprint density at radius 3 is 0.803 bits per heavy atom. The summed E-state index contributed by atoms with van der Waals surface area (Å²) in [6, 6.07) is -11.3.